The number of anilines is 3. The van der Waals surface area contributed by atoms with E-state index >= 15 is 0 Å². The second-order valence-electron chi connectivity index (χ2n) is 5.71. The highest BCUT2D eigenvalue weighted by Gasteiger charge is 2.16. The van der Waals surface area contributed by atoms with Gasteiger partial charge in [0.25, 0.3) is 20.2 Å². The van der Waals surface area contributed by atoms with Gasteiger partial charge in [-0.2, -0.15) is 16.8 Å². The maximum Gasteiger partial charge on any atom is 0.296 e. The Morgan fingerprint density at radius 3 is 2.07 bits per heavy atom. The number of aromatic hydroxyl groups is 1. The lowest BCUT2D eigenvalue weighted by Gasteiger charge is -2.11. The molecule has 0 spiro atoms. The first kappa shape index (κ1) is 18.9. The number of nitrogens with two attached hydrogens (primary N) is 1. The molecule has 11 heteroatoms. The molecule has 0 radical (unpaired) electrons. The fourth-order valence-corrected chi connectivity index (χ4v) is 3.73. The van der Waals surface area contributed by atoms with Crippen molar-refractivity contribution in [3.63, 3.8) is 0 Å². The quantitative estimate of drug-likeness (QED) is 0.320. The van der Waals surface area contributed by atoms with E-state index in [1.165, 1.54) is 30.3 Å². The zero-order valence-corrected chi connectivity index (χ0v) is 15.1. The van der Waals surface area contributed by atoms with Crippen LogP contribution in [0.25, 0.3) is 10.8 Å². The monoisotopic (exact) mass is 410 g/mol. The van der Waals surface area contributed by atoms with E-state index in [0.29, 0.717) is 22.1 Å². The van der Waals surface area contributed by atoms with Crippen LogP contribution in [-0.4, -0.2) is 31.0 Å². The second kappa shape index (κ2) is 6.39. The smallest absolute Gasteiger partial charge is 0.296 e. The Labute approximate surface area is 154 Å². The van der Waals surface area contributed by atoms with Gasteiger partial charge in [-0.3, -0.25) is 9.11 Å². The molecule has 0 fully saturated rings. The number of fused-ring (bicyclic) bond motifs is 1. The van der Waals surface area contributed by atoms with Gasteiger partial charge in [-0.1, -0.05) is 0 Å². The summed E-state index contributed by atoms with van der Waals surface area (Å²) in [5.74, 6) is -0.326. The molecule has 27 heavy (non-hydrogen) atoms. The Bertz CT molecular complexity index is 1270. The van der Waals surface area contributed by atoms with Gasteiger partial charge in [-0.15, -0.1) is 0 Å². The van der Waals surface area contributed by atoms with Crippen LogP contribution in [0.5, 0.6) is 5.75 Å². The maximum atomic E-state index is 11.3. The van der Waals surface area contributed by atoms with Crippen LogP contribution in [0.15, 0.2) is 58.3 Å². The van der Waals surface area contributed by atoms with Crippen molar-refractivity contribution in [1.29, 1.82) is 0 Å². The Hall–Kier alpha value is -2.86. The van der Waals surface area contributed by atoms with Gasteiger partial charge in [0.05, 0.1) is 10.6 Å². The number of rotatable bonds is 4. The molecule has 0 saturated heterocycles. The third kappa shape index (κ3) is 3.95. The summed E-state index contributed by atoms with van der Waals surface area (Å²) in [4.78, 5) is -0.926. The fourth-order valence-electron chi connectivity index (χ4n) is 2.55. The van der Waals surface area contributed by atoms with E-state index in [1.807, 2.05) is 0 Å². The number of phenols is 1. The second-order valence-corrected chi connectivity index (χ2v) is 8.52. The first-order valence-corrected chi connectivity index (χ1v) is 10.2. The van der Waals surface area contributed by atoms with Crippen molar-refractivity contribution in [2.75, 3.05) is 11.1 Å². The minimum Gasteiger partial charge on any atom is -0.507 e. The Morgan fingerprint density at radius 1 is 0.815 bits per heavy atom. The molecule has 0 amide bonds. The molecule has 0 bridgehead atoms. The van der Waals surface area contributed by atoms with Crippen LogP contribution in [0, 0.1) is 0 Å². The molecule has 0 aliphatic rings. The van der Waals surface area contributed by atoms with Crippen molar-refractivity contribution in [2.45, 2.75) is 9.79 Å². The third-order valence-corrected chi connectivity index (χ3v) is 5.52. The van der Waals surface area contributed by atoms with Crippen molar-refractivity contribution in [1.82, 2.24) is 0 Å². The molecule has 0 atom stereocenters. The number of nitrogens with one attached hydrogen (secondary N) is 1. The van der Waals surface area contributed by atoms with E-state index in [0.717, 1.165) is 12.1 Å². The van der Waals surface area contributed by atoms with Gasteiger partial charge in [-0.05, 0) is 47.9 Å². The lowest BCUT2D eigenvalue weighted by Crippen LogP contribution is -2.04. The molecule has 0 saturated carbocycles. The van der Waals surface area contributed by atoms with Crippen LogP contribution in [-0.2, 0) is 20.2 Å². The molecule has 3 aromatic rings. The van der Waals surface area contributed by atoms with Crippen LogP contribution in [0.2, 0.25) is 0 Å². The first-order valence-electron chi connectivity index (χ1n) is 7.33. The number of nitrogen functional groups attached to an aromatic ring is 1. The largest absolute Gasteiger partial charge is 0.507 e. The molecule has 0 unspecified atom stereocenters. The highest BCUT2D eigenvalue weighted by molar-refractivity contribution is 7.86. The lowest BCUT2D eigenvalue weighted by molar-refractivity contribution is 0.471. The van der Waals surface area contributed by atoms with E-state index in [2.05, 4.69) is 5.32 Å². The number of hydrogen-bond donors (Lipinski definition) is 5. The van der Waals surface area contributed by atoms with Crippen LogP contribution < -0.4 is 11.1 Å². The normalized spacial score (nSPS) is 12.2. The predicted octanol–water partition coefficient (Wildman–Crippen LogP) is 2.36. The van der Waals surface area contributed by atoms with Crippen LogP contribution in [0.1, 0.15) is 0 Å². The molecule has 0 aliphatic heterocycles. The Morgan fingerprint density at radius 2 is 1.44 bits per heavy atom. The maximum absolute atomic E-state index is 11.3. The van der Waals surface area contributed by atoms with E-state index in [9.17, 15) is 26.5 Å². The van der Waals surface area contributed by atoms with Crippen molar-refractivity contribution >= 4 is 48.1 Å². The first-order chi connectivity index (χ1) is 12.4. The molecule has 142 valence electrons. The molecule has 0 heterocycles. The summed E-state index contributed by atoms with van der Waals surface area (Å²) in [5.41, 5.74) is 6.15. The van der Waals surface area contributed by atoms with Crippen molar-refractivity contribution < 1.29 is 31.0 Å². The molecule has 0 aliphatic carbocycles. The van der Waals surface area contributed by atoms with Crippen LogP contribution in [0.3, 0.4) is 0 Å². The minimum atomic E-state index is -4.50. The highest BCUT2D eigenvalue weighted by atomic mass is 32.2. The zero-order chi connectivity index (χ0) is 20.0. The summed E-state index contributed by atoms with van der Waals surface area (Å²) in [5, 5.41) is 13.5. The molecule has 3 aromatic carbocycles. The Balaban J connectivity index is 2.06. The highest BCUT2D eigenvalue weighted by Crippen LogP contribution is 2.32. The van der Waals surface area contributed by atoms with Crippen molar-refractivity contribution in [2.24, 2.45) is 0 Å². The fraction of sp³-hybridized carbons (Fsp3) is 0. The van der Waals surface area contributed by atoms with Gasteiger partial charge in [0, 0.05) is 22.8 Å². The molecular weight excluding hydrogens is 396 g/mol. The lowest BCUT2D eigenvalue weighted by atomic mass is 10.1. The summed E-state index contributed by atoms with van der Waals surface area (Å²) in [6.45, 7) is 0. The van der Waals surface area contributed by atoms with Gasteiger partial charge >= 0.3 is 0 Å². The summed E-state index contributed by atoms with van der Waals surface area (Å²) < 4.78 is 63.7. The van der Waals surface area contributed by atoms with Crippen molar-refractivity contribution in [3.8, 4) is 5.75 Å². The van der Waals surface area contributed by atoms with Crippen molar-refractivity contribution in [3.05, 3.63) is 48.5 Å². The van der Waals surface area contributed by atoms with E-state index in [1.54, 1.807) is 6.07 Å². The summed E-state index contributed by atoms with van der Waals surface area (Å²) in [6, 6.07) is 10.6. The number of phenolic OH excluding ortho intramolecular Hbond substituents is 1. The summed E-state index contributed by atoms with van der Waals surface area (Å²) in [6.07, 6.45) is 0. The molecule has 9 nitrogen and oxygen atoms in total. The third-order valence-electron chi connectivity index (χ3n) is 3.78. The average molecular weight is 410 g/mol. The molecule has 6 N–H and O–H groups in total. The SMILES string of the molecule is Nc1ccc(Nc2ccc3c(O)cc(S(=O)(=O)O)cc3c2)cc1S(=O)(=O)O. The minimum absolute atomic E-state index is 0.121. The van der Waals surface area contributed by atoms with E-state index in [4.69, 9.17) is 10.3 Å². The van der Waals surface area contributed by atoms with Gasteiger partial charge in [0.2, 0.25) is 0 Å². The van der Waals surface area contributed by atoms with Gasteiger partial charge < -0.3 is 16.2 Å². The molecule has 0 aromatic heterocycles. The van der Waals surface area contributed by atoms with E-state index < -0.39 is 30.0 Å². The van der Waals surface area contributed by atoms with E-state index in [-0.39, 0.29) is 11.4 Å². The van der Waals surface area contributed by atoms with Crippen LogP contribution in [0.4, 0.5) is 17.1 Å². The summed E-state index contributed by atoms with van der Waals surface area (Å²) in [7, 11) is -9.01. The predicted molar refractivity (Wildman–Crippen MR) is 99.4 cm³/mol. The standard InChI is InChI=1S/C16H14N2O7S2/c17-14-4-2-11(7-16(14)27(23,24)25)18-10-1-3-13-9(5-10)6-12(8-15(13)19)26(20,21)22/h1-8,18-19H,17H2,(H,20,21,22)(H,23,24,25). The van der Waals surface area contributed by atoms with Gasteiger partial charge in [0.1, 0.15) is 10.6 Å². The summed E-state index contributed by atoms with van der Waals surface area (Å²) >= 11 is 0. The zero-order valence-electron chi connectivity index (χ0n) is 13.5. The van der Waals surface area contributed by atoms with Crippen LogP contribution >= 0.6 is 0 Å². The number of benzene rings is 3. The van der Waals surface area contributed by atoms with Gasteiger partial charge in [0.15, 0.2) is 0 Å². The average Bonchev–Trinajstić information content (AvgIpc) is 2.54. The van der Waals surface area contributed by atoms with Gasteiger partial charge in [-0.25, -0.2) is 0 Å². The number of hydrogen-bond acceptors (Lipinski definition) is 7. The Kier molecular flexibility index (Phi) is 4.48. The topological polar surface area (TPSA) is 167 Å². The molecule has 3 rings (SSSR count). The molecular formula is C16H14N2O7S2.